The third kappa shape index (κ3) is 9.63. The number of alkyl carbamates (subject to hydrolysis) is 1. The molecule has 0 aromatic heterocycles. The standard InChI is InChI=1S/C12H19NO6/c1-4-17-10(14)6-7-11(15)19-8-9(3)13-12(16)18-5-2/h6-7,9H,4-5,8H2,1-3H3,(H,13,16)/b7-6+/t9-/m1/s1. The lowest BCUT2D eigenvalue weighted by Gasteiger charge is -2.12. The van der Waals surface area contributed by atoms with Crippen molar-refractivity contribution in [3.05, 3.63) is 12.2 Å². The molecule has 0 aliphatic carbocycles. The predicted octanol–water partition coefficient (Wildman–Crippen LogP) is 0.783. The molecule has 7 nitrogen and oxygen atoms in total. The van der Waals surface area contributed by atoms with E-state index in [1.54, 1.807) is 20.8 Å². The van der Waals surface area contributed by atoms with Crippen LogP contribution in [0.4, 0.5) is 4.79 Å². The molecule has 0 radical (unpaired) electrons. The van der Waals surface area contributed by atoms with E-state index < -0.39 is 18.0 Å². The van der Waals surface area contributed by atoms with Crippen molar-refractivity contribution in [1.82, 2.24) is 5.32 Å². The number of hydrogen-bond acceptors (Lipinski definition) is 6. The minimum Gasteiger partial charge on any atom is -0.463 e. The van der Waals surface area contributed by atoms with Crippen LogP contribution in [0.3, 0.4) is 0 Å². The number of carbonyl (C=O) groups is 3. The van der Waals surface area contributed by atoms with Crippen molar-refractivity contribution in [2.75, 3.05) is 19.8 Å². The molecular weight excluding hydrogens is 254 g/mol. The Kier molecular flexibility index (Phi) is 8.86. The molecule has 0 aromatic carbocycles. The molecule has 0 aliphatic heterocycles. The summed E-state index contributed by atoms with van der Waals surface area (Å²) in [5.41, 5.74) is 0. The van der Waals surface area contributed by atoms with E-state index in [-0.39, 0.29) is 25.9 Å². The first-order valence-electron chi connectivity index (χ1n) is 5.94. The molecule has 0 saturated heterocycles. The Morgan fingerprint density at radius 3 is 2.05 bits per heavy atom. The molecular formula is C12H19NO6. The quantitative estimate of drug-likeness (QED) is 0.419. The maximum Gasteiger partial charge on any atom is 0.407 e. The third-order valence-corrected chi connectivity index (χ3v) is 1.76. The molecule has 0 spiro atoms. The second-order valence-electron chi connectivity index (χ2n) is 3.48. The van der Waals surface area contributed by atoms with Crippen molar-refractivity contribution in [3.63, 3.8) is 0 Å². The van der Waals surface area contributed by atoms with Gasteiger partial charge in [-0.3, -0.25) is 0 Å². The summed E-state index contributed by atoms with van der Waals surface area (Å²) in [5.74, 6) is -1.30. The molecule has 0 rings (SSSR count). The van der Waals surface area contributed by atoms with Crippen LogP contribution in [0.1, 0.15) is 20.8 Å². The van der Waals surface area contributed by atoms with Crippen LogP contribution in [0.5, 0.6) is 0 Å². The summed E-state index contributed by atoms with van der Waals surface area (Å²) in [6.07, 6.45) is 1.37. The molecule has 0 heterocycles. The maximum absolute atomic E-state index is 11.2. The molecule has 0 saturated carbocycles. The molecule has 19 heavy (non-hydrogen) atoms. The molecule has 0 aliphatic rings. The second-order valence-corrected chi connectivity index (χ2v) is 3.48. The van der Waals surface area contributed by atoms with Gasteiger partial charge in [0.15, 0.2) is 0 Å². The first-order chi connectivity index (χ1) is 8.99. The normalized spacial score (nSPS) is 11.7. The highest BCUT2D eigenvalue weighted by molar-refractivity contribution is 5.91. The molecule has 1 atom stereocenters. The van der Waals surface area contributed by atoms with Gasteiger partial charge in [-0.2, -0.15) is 0 Å². The molecule has 0 fully saturated rings. The highest BCUT2D eigenvalue weighted by Crippen LogP contribution is 1.90. The summed E-state index contributed by atoms with van der Waals surface area (Å²) in [7, 11) is 0. The zero-order valence-electron chi connectivity index (χ0n) is 11.3. The average Bonchev–Trinajstić information content (AvgIpc) is 2.34. The van der Waals surface area contributed by atoms with Gasteiger partial charge < -0.3 is 19.5 Å². The summed E-state index contributed by atoms with van der Waals surface area (Å²) in [4.78, 5) is 33.2. The Bertz CT molecular complexity index is 339. The molecule has 0 unspecified atom stereocenters. The Labute approximate surface area is 111 Å². The number of hydrogen-bond donors (Lipinski definition) is 1. The van der Waals surface area contributed by atoms with Gasteiger partial charge in [-0.1, -0.05) is 0 Å². The van der Waals surface area contributed by atoms with Gasteiger partial charge in [-0.05, 0) is 20.8 Å². The van der Waals surface area contributed by atoms with Crippen molar-refractivity contribution in [1.29, 1.82) is 0 Å². The minimum absolute atomic E-state index is 0.0230. The molecule has 1 N–H and O–H groups in total. The number of carbonyl (C=O) groups excluding carboxylic acids is 3. The van der Waals surface area contributed by atoms with Gasteiger partial charge in [0.25, 0.3) is 0 Å². The lowest BCUT2D eigenvalue weighted by Crippen LogP contribution is -2.36. The highest BCUT2D eigenvalue weighted by atomic mass is 16.6. The van der Waals surface area contributed by atoms with Crippen molar-refractivity contribution in [3.8, 4) is 0 Å². The van der Waals surface area contributed by atoms with Gasteiger partial charge in [-0.25, -0.2) is 14.4 Å². The first-order valence-corrected chi connectivity index (χ1v) is 5.94. The fourth-order valence-electron chi connectivity index (χ4n) is 0.997. The Hall–Kier alpha value is -2.05. The second kappa shape index (κ2) is 9.93. The lowest BCUT2D eigenvalue weighted by molar-refractivity contribution is -0.140. The fraction of sp³-hybridized carbons (Fsp3) is 0.583. The predicted molar refractivity (Wildman–Crippen MR) is 66.4 cm³/mol. The van der Waals surface area contributed by atoms with Crippen molar-refractivity contribution >= 4 is 18.0 Å². The third-order valence-electron chi connectivity index (χ3n) is 1.76. The van der Waals surface area contributed by atoms with Crippen LogP contribution >= 0.6 is 0 Å². The van der Waals surface area contributed by atoms with Crippen LogP contribution in [0.25, 0.3) is 0 Å². The highest BCUT2D eigenvalue weighted by Gasteiger charge is 2.09. The molecule has 7 heteroatoms. The van der Waals surface area contributed by atoms with Crippen LogP contribution in [-0.4, -0.2) is 43.9 Å². The molecule has 0 aromatic rings. The van der Waals surface area contributed by atoms with Crippen molar-refractivity contribution in [2.24, 2.45) is 0 Å². The van der Waals surface area contributed by atoms with Gasteiger partial charge in [0.05, 0.1) is 19.3 Å². The summed E-state index contributed by atoms with van der Waals surface area (Å²) in [6, 6.07) is -0.390. The number of amides is 1. The minimum atomic E-state index is -0.689. The van der Waals surface area contributed by atoms with Crippen molar-refractivity contribution in [2.45, 2.75) is 26.8 Å². The summed E-state index contributed by atoms with van der Waals surface area (Å²) >= 11 is 0. The Balaban J connectivity index is 3.89. The van der Waals surface area contributed by atoms with E-state index in [4.69, 9.17) is 4.74 Å². The number of nitrogens with one attached hydrogen (secondary N) is 1. The van der Waals surface area contributed by atoms with Crippen LogP contribution in [0, 0.1) is 0 Å². The maximum atomic E-state index is 11.2. The first kappa shape index (κ1) is 16.9. The summed E-state index contributed by atoms with van der Waals surface area (Å²) in [5, 5.41) is 2.47. The monoisotopic (exact) mass is 273 g/mol. The van der Waals surface area contributed by atoms with Gasteiger partial charge in [0, 0.05) is 12.2 Å². The van der Waals surface area contributed by atoms with E-state index in [9.17, 15) is 14.4 Å². The largest absolute Gasteiger partial charge is 0.463 e. The summed E-state index contributed by atoms with van der Waals surface area (Å²) in [6.45, 7) is 5.47. The van der Waals surface area contributed by atoms with E-state index in [0.29, 0.717) is 0 Å². The Morgan fingerprint density at radius 2 is 1.53 bits per heavy atom. The molecule has 1 amide bonds. The zero-order chi connectivity index (χ0) is 14.7. The van der Waals surface area contributed by atoms with Crippen LogP contribution in [0.2, 0.25) is 0 Å². The van der Waals surface area contributed by atoms with Crippen LogP contribution < -0.4 is 5.32 Å². The van der Waals surface area contributed by atoms with Gasteiger partial charge in [0.1, 0.15) is 6.61 Å². The van der Waals surface area contributed by atoms with Gasteiger partial charge in [-0.15, -0.1) is 0 Å². The number of ether oxygens (including phenoxy) is 3. The fourth-order valence-corrected chi connectivity index (χ4v) is 0.997. The SMILES string of the molecule is CCOC(=O)/C=C/C(=O)OC[C@@H](C)NC(=O)OCC. The van der Waals surface area contributed by atoms with Crippen molar-refractivity contribution < 1.29 is 28.6 Å². The van der Waals surface area contributed by atoms with E-state index in [1.807, 2.05) is 0 Å². The topological polar surface area (TPSA) is 90.9 Å². The van der Waals surface area contributed by atoms with E-state index in [1.165, 1.54) is 0 Å². The van der Waals surface area contributed by atoms with Crippen LogP contribution in [-0.2, 0) is 23.8 Å². The number of esters is 2. The average molecular weight is 273 g/mol. The van der Waals surface area contributed by atoms with Gasteiger partial charge >= 0.3 is 18.0 Å². The summed E-state index contributed by atoms with van der Waals surface area (Å²) < 4.78 is 14.1. The molecule has 108 valence electrons. The van der Waals surface area contributed by atoms with E-state index >= 15 is 0 Å². The van der Waals surface area contributed by atoms with E-state index in [2.05, 4.69) is 14.8 Å². The zero-order valence-corrected chi connectivity index (χ0v) is 11.3. The van der Waals surface area contributed by atoms with E-state index in [0.717, 1.165) is 12.2 Å². The van der Waals surface area contributed by atoms with Crippen LogP contribution in [0.15, 0.2) is 12.2 Å². The smallest absolute Gasteiger partial charge is 0.407 e. The molecule has 0 bridgehead atoms. The number of rotatable bonds is 7. The lowest BCUT2D eigenvalue weighted by atomic mass is 10.4. The van der Waals surface area contributed by atoms with Gasteiger partial charge in [0.2, 0.25) is 0 Å². The Morgan fingerprint density at radius 1 is 1.00 bits per heavy atom.